The fourth-order valence-electron chi connectivity index (χ4n) is 3.47. The highest BCUT2D eigenvalue weighted by Gasteiger charge is 2.23. The Morgan fingerprint density at radius 1 is 1.18 bits per heavy atom. The number of thiazole rings is 1. The first kappa shape index (κ1) is 18.6. The Hall–Kier alpha value is -2.73. The fourth-order valence-corrected chi connectivity index (χ4v) is 4.30. The Morgan fingerprint density at radius 3 is 2.75 bits per heavy atom. The Balaban J connectivity index is 1.25. The molecular formula is C22H22FN3OS. The van der Waals surface area contributed by atoms with Crippen molar-refractivity contribution >= 4 is 22.9 Å². The van der Waals surface area contributed by atoms with E-state index >= 15 is 0 Å². The van der Waals surface area contributed by atoms with Crippen molar-refractivity contribution in [1.82, 2.24) is 10.3 Å². The summed E-state index contributed by atoms with van der Waals surface area (Å²) < 4.78 is 13.1. The first-order valence-corrected chi connectivity index (χ1v) is 10.3. The van der Waals surface area contributed by atoms with Gasteiger partial charge < -0.3 is 10.2 Å². The summed E-state index contributed by atoms with van der Waals surface area (Å²) in [6.45, 7) is 2.46. The first-order valence-electron chi connectivity index (χ1n) is 9.44. The van der Waals surface area contributed by atoms with Gasteiger partial charge in [-0.15, -0.1) is 11.3 Å². The highest BCUT2D eigenvalue weighted by Crippen LogP contribution is 2.24. The molecule has 1 fully saturated rings. The quantitative estimate of drug-likeness (QED) is 0.682. The fraction of sp³-hybridized carbons (Fsp3) is 0.273. The zero-order chi connectivity index (χ0) is 19.3. The molecule has 1 atom stereocenters. The van der Waals surface area contributed by atoms with Crippen molar-refractivity contribution in [2.45, 2.75) is 12.8 Å². The lowest BCUT2D eigenvalue weighted by Crippen LogP contribution is -2.32. The van der Waals surface area contributed by atoms with E-state index in [4.69, 9.17) is 0 Å². The number of hydrogen-bond donors (Lipinski definition) is 1. The molecule has 0 radical (unpaired) electrons. The van der Waals surface area contributed by atoms with Gasteiger partial charge >= 0.3 is 0 Å². The number of rotatable bonds is 6. The summed E-state index contributed by atoms with van der Waals surface area (Å²) in [6, 6.07) is 16.6. The van der Waals surface area contributed by atoms with Crippen LogP contribution in [0.25, 0.3) is 10.6 Å². The number of nitrogens with zero attached hydrogens (tertiary/aromatic N) is 2. The van der Waals surface area contributed by atoms with Gasteiger partial charge in [0.1, 0.15) is 10.8 Å². The molecule has 28 heavy (non-hydrogen) atoms. The minimum Gasteiger partial charge on any atom is -0.371 e. The van der Waals surface area contributed by atoms with Crippen molar-refractivity contribution in [3.63, 3.8) is 0 Å². The third-order valence-corrected chi connectivity index (χ3v) is 5.92. The van der Waals surface area contributed by atoms with Gasteiger partial charge in [0.05, 0.1) is 12.1 Å². The SMILES string of the molecule is O=C(Cc1csc(-c2ccccc2)n1)NCC1CCN(c2ccc(F)cc2)C1. The van der Waals surface area contributed by atoms with E-state index in [1.165, 1.54) is 12.1 Å². The second-order valence-electron chi connectivity index (χ2n) is 7.07. The van der Waals surface area contributed by atoms with Crippen molar-refractivity contribution in [2.75, 3.05) is 24.5 Å². The van der Waals surface area contributed by atoms with Gasteiger partial charge in [-0.2, -0.15) is 0 Å². The van der Waals surface area contributed by atoms with Crippen LogP contribution in [-0.4, -0.2) is 30.5 Å². The van der Waals surface area contributed by atoms with Gasteiger partial charge in [-0.1, -0.05) is 30.3 Å². The van der Waals surface area contributed by atoms with Crippen LogP contribution in [0, 0.1) is 11.7 Å². The van der Waals surface area contributed by atoms with Crippen LogP contribution in [0.4, 0.5) is 10.1 Å². The minimum absolute atomic E-state index is 0.00476. The van der Waals surface area contributed by atoms with Crippen LogP contribution >= 0.6 is 11.3 Å². The Labute approximate surface area is 168 Å². The van der Waals surface area contributed by atoms with Gasteiger partial charge in [0, 0.05) is 36.3 Å². The molecule has 4 rings (SSSR count). The summed E-state index contributed by atoms with van der Waals surface area (Å²) in [5, 5.41) is 5.93. The molecular weight excluding hydrogens is 373 g/mol. The molecule has 2 heterocycles. The predicted octanol–water partition coefficient (Wildman–Crippen LogP) is 4.13. The van der Waals surface area contributed by atoms with Crippen LogP contribution in [0.2, 0.25) is 0 Å². The summed E-state index contributed by atoms with van der Waals surface area (Å²) in [6.07, 6.45) is 1.32. The molecule has 0 bridgehead atoms. The van der Waals surface area contributed by atoms with Gasteiger partial charge in [0.25, 0.3) is 0 Å². The van der Waals surface area contributed by atoms with Crippen LogP contribution in [-0.2, 0) is 11.2 Å². The van der Waals surface area contributed by atoms with Crippen molar-refractivity contribution in [2.24, 2.45) is 5.92 Å². The monoisotopic (exact) mass is 395 g/mol. The molecule has 1 aliphatic heterocycles. The van der Waals surface area contributed by atoms with E-state index < -0.39 is 0 Å². The third-order valence-electron chi connectivity index (χ3n) is 4.98. The maximum atomic E-state index is 13.1. The second kappa shape index (κ2) is 8.52. The van der Waals surface area contributed by atoms with E-state index in [-0.39, 0.29) is 11.7 Å². The lowest BCUT2D eigenvalue weighted by atomic mass is 10.1. The number of benzene rings is 2. The number of halogens is 1. The van der Waals surface area contributed by atoms with E-state index in [1.54, 1.807) is 11.3 Å². The summed E-state index contributed by atoms with van der Waals surface area (Å²) >= 11 is 1.56. The van der Waals surface area contributed by atoms with Crippen LogP contribution in [0.1, 0.15) is 12.1 Å². The van der Waals surface area contributed by atoms with Crippen molar-refractivity contribution < 1.29 is 9.18 Å². The normalized spacial score (nSPS) is 16.3. The molecule has 4 nitrogen and oxygen atoms in total. The maximum Gasteiger partial charge on any atom is 0.226 e. The van der Waals surface area contributed by atoms with E-state index in [0.717, 1.165) is 41.5 Å². The number of nitrogens with one attached hydrogen (secondary N) is 1. The largest absolute Gasteiger partial charge is 0.371 e. The van der Waals surface area contributed by atoms with Gasteiger partial charge in [-0.25, -0.2) is 9.37 Å². The van der Waals surface area contributed by atoms with E-state index in [0.29, 0.717) is 18.9 Å². The first-order chi connectivity index (χ1) is 13.7. The summed E-state index contributed by atoms with van der Waals surface area (Å²) in [5.74, 6) is 0.193. The van der Waals surface area contributed by atoms with Crippen LogP contribution in [0.15, 0.2) is 60.0 Å². The Kier molecular flexibility index (Phi) is 5.67. The zero-order valence-electron chi connectivity index (χ0n) is 15.5. The lowest BCUT2D eigenvalue weighted by Gasteiger charge is -2.18. The van der Waals surface area contributed by atoms with E-state index in [9.17, 15) is 9.18 Å². The average molecular weight is 396 g/mol. The average Bonchev–Trinajstić information content (AvgIpc) is 3.37. The molecule has 144 valence electrons. The molecule has 6 heteroatoms. The minimum atomic E-state index is -0.218. The van der Waals surface area contributed by atoms with Crippen molar-refractivity contribution in [3.8, 4) is 10.6 Å². The molecule has 1 aliphatic rings. The van der Waals surface area contributed by atoms with E-state index in [1.807, 2.05) is 47.8 Å². The van der Waals surface area contributed by atoms with Gasteiger partial charge in [-0.05, 0) is 36.6 Å². The van der Waals surface area contributed by atoms with Gasteiger partial charge in [0.15, 0.2) is 0 Å². The smallest absolute Gasteiger partial charge is 0.226 e. The Bertz CT molecular complexity index is 926. The van der Waals surface area contributed by atoms with Crippen LogP contribution in [0.3, 0.4) is 0 Å². The molecule has 1 amide bonds. The van der Waals surface area contributed by atoms with Crippen molar-refractivity contribution in [1.29, 1.82) is 0 Å². The number of anilines is 1. The second-order valence-corrected chi connectivity index (χ2v) is 7.93. The molecule has 0 aliphatic carbocycles. The standard InChI is InChI=1S/C22H22FN3OS/c23-18-6-8-20(9-7-18)26-11-10-16(14-26)13-24-21(27)12-19-15-28-22(25-19)17-4-2-1-3-5-17/h1-9,15-16H,10-14H2,(H,24,27). The van der Waals surface area contributed by atoms with Gasteiger partial charge in [0.2, 0.25) is 5.91 Å². The molecule has 1 aromatic heterocycles. The topological polar surface area (TPSA) is 45.2 Å². The number of carbonyl (C=O) groups is 1. The molecule has 0 saturated carbocycles. The number of amides is 1. The lowest BCUT2D eigenvalue weighted by molar-refractivity contribution is -0.120. The van der Waals surface area contributed by atoms with Crippen molar-refractivity contribution in [3.05, 3.63) is 71.5 Å². The number of carbonyl (C=O) groups excluding carboxylic acids is 1. The molecule has 3 aromatic rings. The van der Waals surface area contributed by atoms with Crippen LogP contribution < -0.4 is 10.2 Å². The highest BCUT2D eigenvalue weighted by molar-refractivity contribution is 7.13. The number of hydrogen-bond acceptors (Lipinski definition) is 4. The maximum absolute atomic E-state index is 13.1. The summed E-state index contributed by atoms with van der Waals surface area (Å²) in [7, 11) is 0. The predicted molar refractivity (Wildman–Crippen MR) is 111 cm³/mol. The molecule has 1 N–H and O–H groups in total. The number of aromatic nitrogens is 1. The third kappa shape index (κ3) is 4.57. The highest BCUT2D eigenvalue weighted by atomic mass is 32.1. The Morgan fingerprint density at radius 2 is 1.96 bits per heavy atom. The molecule has 0 spiro atoms. The van der Waals surface area contributed by atoms with E-state index in [2.05, 4.69) is 15.2 Å². The molecule has 1 unspecified atom stereocenters. The summed E-state index contributed by atoms with van der Waals surface area (Å²) in [5.41, 5.74) is 2.91. The molecule has 2 aromatic carbocycles. The molecule has 1 saturated heterocycles. The van der Waals surface area contributed by atoms with Crippen LogP contribution in [0.5, 0.6) is 0 Å². The summed E-state index contributed by atoms with van der Waals surface area (Å²) in [4.78, 5) is 19.1. The zero-order valence-corrected chi connectivity index (χ0v) is 16.3. The van der Waals surface area contributed by atoms with Gasteiger partial charge in [-0.3, -0.25) is 4.79 Å².